The number of rotatable bonds is 8. The second-order valence-electron chi connectivity index (χ2n) is 5.27. The second kappa shape index (κ2) is 9.62. The van der Waals surface area contributed by atoms with Crippen molar-refractivity contribution in [2.75, 3.05) is 12.9 Å². The number of hydrogen-bond acceptors (Lipinski definition) is 5. The van der Waals surface area contributed by atoms with Crippen molar-refractivity contribution in [2.24, 2.45) is 0 Å². The van der Waals surface area contributed by atoms with E-state index in [1.54, 1.807) is 0 Å². The van der Waals surface area contributed by atoms with Crippen LogP contribution in [0.25, 0.3) is 0 Å². The molecule has 26 heavy (non-hydrogen) atoms. The van der Waals surface area contributed by atoms with E-state index in [2.05, 4.69) is 4.72 Å². The van der Waals surface area contributed by atoms with Crippen LogP contribution in [0.5, 0.6) is 0 Å². The van der Waals surface area contributed by atoms with E-state index in [4.69, 9.17) is 27.9 Å². The molecule has 5 nitrogen and oxygen atoms in total. The highest BCUT2D eigenvalue weighted by molar-refractivity contribution is 7.98. The van der Waals surface area contributed by atoms with Gasteiger partial charge < -0.3 is 4.74 Å². The van der Waals surface area contributed by atoms with E-state index in [1.807, 2.05) is 30.3 Å². The number of benzene rings is 2. The molecular weight excluding hydrogens is 417 g/mol. The third-order valence-electron chi connectivity index (χ3n) is 3.36. The summed E-state index contributed by atoms with van der Waals surface area (Å²) in [5.74, 6) is 0.166. The molecule has 0 saturated carbocycles. The number of carbonyl (C=O) groups is 1. The topological polar surface area (TPSA) is 72.5 Å². The summed E-state index contributed by atoms with van der Waals surface area (Å²) in [5.41, 5.74) is 1.07. The number of ether oxygens (including phenoxy) is 1. The van der Waals surface area contributed by atoms with Crippen molar-refractivity contribution in [3.05, 3.63) is 64.1 Å². The van der Waals surface area contributed by atoms with Crippen molar-refractivity contribution < 1.29 is 17.9 Å². The predicted molar refractivity (Wildman–Crippen MR) is 105 cm³/mol. The van der Waals surface area contributed by atoms with Gasteiger partial charge in [-0.25, -0.2) is 8.42 Å². The maximum absolute atomic E-state index is 12.6. The van der Waals surface area contributed by atoms with Crippen LogP contribution in [0.3, 0.4) is 0 Å². The zero-order valence-electron chi connectivity index (χ0n) is 13.8. The average molecular weight is 434 g/mol. The van der Waals surface area contributed by atoms with E-state index >= 15 is 0 Å². The Hall–Kier alpha value is -1.25. The molecule has 0 bridgehead atoms. The lowest BCUT2D eigenvalue weighted by molar-refractivity contribution is -0.141. The molecule has 0 spiro atoms. The van der Waals surface area contributed by atoms with Crippen molar-refractivity contribution in [2.45, 2.75) is 16.7 Å². The number of nitrogens with one attached hydrogen (secondary N) is 1. The highest BCUT2D eigenvalue weighted by Crippen LogP contribution is 2.25. The minimum Gasteiger partial charge on any atom is -0.468 e. The molecule has 9 heteroatoms. The van der Waals surface area contributed by atoms with Gasteiger partial charge in [0.2, 0.25) is 10.0 Å². The fraction of sp³-hybridized carbons (Fsp3) is 0.235. The molecule has 0 aromatic heterocycles. The van der Waals surface area contributed by atoms with Crippen LogP contribution in [0.15, 0.2) is 53.4 Å². The van der Waals surface area contributed by atoms with Crippen molar-refractivity contribution in [1.29, 1.82) is 0 Å². The van der Waals surface area contributed by atoms with Gasteiger partial charge in [-0.15, -0.1) is 0 Å². The van der Waals surface area contributed by atoms with E-state index in [0.717, 1.165) is 5.56 Å². The molecule has 0 aliphatic heterocycles. The molecule has 0 heterocycles. The molecule has 140 valence electrons. The van der Waals surface area contributed by atoms with Crippen LogP contribution in [0.2, 0.25) is 10.0 Å². The van der Waals surface area contributed by atoms with Crippen LogP contribution < -0.4 is 4.72 Å². The summed E-state index contributed by atoms with van der Waals surface area (Å²) in [5, 5.41) is 0.241. The molecule has 2 aromatic carbocycles. The first-order valence-electron chi connectivity index (χ1n) is 7.50. The molecule has 2 aromatic rings. The maximum Gasteiger partial charge on any atom is 0.324 e. The maximum atomic E-state index is 12.6. The summed E-state index contributed by atoms with van der Waals surface area (Å²) >= 11 is 13.2. The third kappa shape index (κ3) is 5.89. The lowest BCUT2D eigenvalue weighted by Crippen LogP contribution is -2.43. The highest BCUT2D eigenvalue weighted by atomic mass is 35.5. The lowest BCUT2D eigenvalue weighted by Gasteiger charge is -2.17. The summed E-state index contributed by atoms with van der Waals surface area (Å²) in [7, 11) is -2.84. The summed E-state index contributed by atoms with van der Waals surface area (Å²) in [6.45, 7) is 0. The number of sulfonamides is 1. The minimum absolute atomic E-state index is 0.0162. The summed E-state index contributed by atoms with van der Waals surface area (Å²) in [6, 6.07) is 12.7. The number of hydrogen-bond donors (Lipinski definition) is 1. The zero-order chi connectivity index (χ0) is 19.2. The molecular formula is C17H17Cl2NO4S2. The standard InChI is InChI=1S/C17H17Cl2NO4S2/c1-24-17(21)15(11-25-10-12-5-3-2-4-6-12)20-26(22,23)16-9-13(18)7-8-14(16)19/h2-9,15,20H,10-11H2,1H3. The van der Waals surface area contributed by atoms with Gasteiger partial charge in [-0.2, -0.15) is 16.5 Å². The Labute approximate surface area is 167 Å². The van der Waals surface area contributed by atoms with Crippen molar-refractivity contribution in [1.82, 2.24) is 4.72 Å². The number of esters is 1. The fourth-order valence-electron chi connectivity index (χ4n) is 2.10. The first kappa shape index (κ1) is 21.1. The van der Waals surface area contributed by atoms with E-state index in [1.165, 1.54) is 37.1 Å². The van der Waals surface area contributed by atoms with Gasteiger partial charge in [-0.05, 0) is 23.8 Å². The smallest absolute Gasteiger partial charge is 0.324 e. The largest absolute Gasteiger partial charge is 0.468 e. The van der Waals surface area contributed by atoms with E-state index < -0.39 is 22.0 Å². The van der Waals surface area contributed by atoms with Gasteiger partial charge in [0.15, 0.2) is 0 Å². The van der Waals surface area contributed by atoms with Crippen LogP contribution in [-0.2, 0) is 25.3 Å². The van der Waals surface area contributed by atoms with Crippen molar-refractivity contribution >= 4 is 51.0 Å². The lowest BCUT2D eigenvalue weighted by atomic mass is 10.2. The summed E-state index contributed by atoms with van der Waals surface area (Å²) < 4.78 is 32.3. The van der Waals surface area contributed by atoms with Crippen LogP contribution in [-0.4, -0.2) is 33.3 Å². The molecule has 0 amide bonds. The number of carbonyl (C=O) groups excluding carboxylic acids is 1. The zero-order valence-corrected chi connectivity index (χ0v) is 17.0. The monoisotopic (exact) mass is 433 g/mol. The van der Waals surface area contributed by atoms with E-state index in [-0.39, 0.29) is 20.7 Å². The molecule has 0 fully saturated rings. The number of methoxy groups -OCH3 is 1. The SMILES string of the molecule is COC(=O)C(CSCc1ccccc1)NS(=O)(=O)c1cc(Cl)ccc1Cl. The Balaban J connectivity index is 2.11. The molecule has 0 aliphatic carbocycles. The normalized spacial score (nSPS) is 12.6. The Morgan fingerprint density at radius 3 is 2.54 bits per heavy atom. The van der Waals surface area contributed by atoms with Crippen LogP contribution in [0.4, 0.5) is 0 Å². The Kier molecular flexibility index (Phi) is 7.79. The van der Waals surface area contributed by atoms with Gasteiger partial charge in [0.25, 0.3) is 0 Å². The fourth-order valence-corrected chi connectivity index (χ4v) is 5.15. The van der Waals surface area contributed by atoms with Crippen molar-refractivity contribution in [3.63, 3.8) is 0 Å². The van der Waals surface area contributed by atoms with Crippen molar-refractivity contribution in [3.8, 4) is 0 Å². The molecule has 0 radical (unpaired) electrons. The predicted octanol–water partition coefficient (Wildman–Crippen LogP) is 3.75. The van der Waals surface area contributed by atoms with E-state index in [0.29, 0.717) is 5.75 Å². The van der Waals surface area contributed by atoms with Gasteiger partial charge in [0, 0.05) is 16.5 Å². The van der Waals surface area contributed by atoms with Gasteiger partial charge in [-0.3, -0.25) is 4.79 Å². The molecule has 1 atom stereocenters. The van der Waals surface area contributed by atoms with Crippen LogP contribution in [0.1, 0.15) is 5.56 Å². The quantitative estimate of drug-likeness (QED) is 0.641. The van der Waals surface area contributed by atoms with Crippen LogP contribution in [0, 0.1) is 0 Å². The summed E-state index contributed by atoms with van der Waals surface area (Å²) in [6.07, 6.45) is 0. The van der Waals surface area contributed by atoms with E-state index in [9.17, 15) is 13.2 Å². The second-order valence-corrected chi connectivity index (χ2v) is 8.83. The molecule has 1 unspecified atom stereocenters. The van der Waals surface area contributed by atoms with Gasteiger partial charge in [0.05, 0.1) is 12.1 Å². The van der Waals surface area contributed by atoms with Crippen LogP contribution >= 0.6 is 35.0 Å². The molecule has 1 N–H and O–H groups in total. The molecule has 2 rings (SSSR count). The van der Waals surface area contributed by atoms with Gasteiger partial charge in [-0.1, -0.05) is 53.5 Å². The first-order valence-corrected chi connectivity index (χ1v) is 10.9. The Morgan fingerprint density at radius 2 is 1.88 bits per heavy atom. The minimum atomic E-state index is -4.04. The highest BCUT2D eigenvalue weighted by Gasteiger charge is 2.28. The Morgan fingerprint density at radius 1 is 1.19 bits per heavy atom. The number of thioether (sulfide) groups is 1. The Bertz CT molecular complexity index is 860. The number of halogens is 2. The first-order chi connectivity index (χ1) is 12.3. The van der Waals surface area contributed by atoms with Gasteiger partial charge in [0.1, 0.15) is 10.9 Å². The van der Waals surface area contributed by atoms with Gasteiger partial charge >= 0.3 is 5.97 Å². The molecule has 0 saturated heterocycles. The summed E-state index contributed by atoms with van der Waals surface area (Å²) in [4.78, 5) is 11.8. The molecule has 0 aliphatic rings. The average Bonchev–Trinajstić information content (AvgIpc) is 2.63. The third-order valence-corrected chi connectivity index (χ3v) is 6.66.